The van der Waals surface area contributed by atoms with Gasteiger partial charge in [-0.2, -0.15) is 0 Å². The second kappa shape index (κ2) is 6.82. The van der Waals surface area contributed by atoms with E-state index in [0.717, 1.165) is 18.4 Å². The lowest BCUT2D eigenvalue weighted by atomic mass is 9.77. The van der Waals surface area contributed by atoms with Gasteiger partial charge < -0.3 is 9.31 Å². The van der Waals surface area contributed by atoms with E-state index in [0.29, 0.717) is 11.0 Å². The monoisotopic (exact) mass is 409 g/mol. The minimum absolute atomic E-state index is 0.135. The second-order valence-electron chi connectivity index (χ2n) is 7.93. The van der Waals surface area contributed by atoms with Crippen LogP contribution in [0.2, 0.25) is 0 Å². The van der Waals surface area contributed by atoms with Gasteiger partial charge in [-0.05, 0) is 63.0 Å². The molecule has 2 aromatic carbocycles. The Balaban J connectivity index is 2.11. The third-order valence-corrected chi connectivity index (χ3v) is 5.63. The molecule has 5 nitrogen and oxygen atoms in total. The zero-order chi connectivity index (χ0) is 20.9. The normalized spacial score (nSPS) is 18.3. The molecule has 9 heteroatoms. The number of rotatable bonds is 4. The van der Waals surface area contributed by atoms with Crippen molar-refractivity contribution in [2.75, 3.05) is 11.0 Å². The highest BCUT2D eigenvalue weighted by Crippen LogP contribution is 2.37. The maximum Gasteiger partial charge on any atom is 0.494 e. The summed E-state index contributed by atoms with van der Waals surface area (Å²) in [6.07, 6.45) is 1.02. The summed E-state index contributed by atoms with van der Waals surface area (Å²) in [6, 6.07) is 7.93. The second-order valence-corrected chi connectivity index (χ2v) is 9.68. The topological polar surface area (TPSA) is 64.6 Å². The lowest BCUT2D eigenvalue weighted by Gasteiger charge is -2.32. The van der Waals surface area contributed by atoms with Gasteiger partial charge in [0.15, 0.2) is 0 Å². The fourth-order valence-corrected chi connectivity index (χ4v) is 3.46. The van der Waals surface area contributed by atoms with E-state index in [-0.39, 0.29) is 11.3 Å². The van der Waals surface area contributed by atoms with Crippen molar-refractivity contribution >= 4 is 28.3 Å². The summed E-state index contributed by atoms with van der Waals surface area (Å²) < 4.78 is 65.4. The highest BCUT2D eigenvalue weighted by molar-refractivity contribution is 7.92. The molecule has 0 atom stereocenters. The highest BCUT2D eigenvalue weighted by Gasteiger charge is 2.51. The van der Waals surface area contributed by atoms with Crippen LogP contribution in [0.4, 0.5) is 14.5 Å². The molecule has 150 valence electrons. The summed E-state index contributed by atoms with van der Waals surface area (Å²) in [6.45, 7) is 7.58. The molecular formula is C19H22BF2NO4S. The van der Waals surface area contributed by atoms with Gasteiger partial charge in [0, 0.05) is 17.3 Å². The molecule has 0 bridgehead atoms. The van der Waals surface area contributed by atoms with Crippen molar-refractivity contribution in [1.82, 2.24) is 0 Å². The van der Waals surface area contributed by atoms with E-state index in [1.165, 1.54) is 12.1 Å². The van der Waals surface area contributed by atoms with E-state index in [9.17, 15) is 17.2 Å². The average Bonchev–Trinajstić information content (AvgIpc) is 2.73. The molecular weight excluding hydrogens is 387 g/mol. The molecule has 1 N–H and O–H groups in total. The van der Waals surface area contributed by atoms with Crippen LogP contribution in [0.3, 0.4) is 0 Å². The van der Waals surface area contributed by atoms with Gasteiger partial charge in [-0.1, -0.05) is 6.07 Å². The first-order chi connectivity index (χ1) is 12.8. The molecule has 1 aliphatic rings. The van der Waals surface area contributed by atoms with Gasteiger partial charge in [0.25, 0.3) is 0 Å². The third-order valence-electron chi connectivity index (χ3n) is 5.03. The van der Waals surface area contributed by atoms with E-state index in [1.54, 1.807) is 12.1 Å². The lowest BCUT2D eigenvalue weighted by Crippen LogP contribution is -2.41. The first-order valence-corrected chi connectivity index (χ1v) is 10.6. The van der Waals surface area contributed by atoms with Crippen molar-refractivity contribution in [1.29, 1.82) is 0 Å². The van der Waals surface area contributed by atoms with Crippen molar-refractivity contribution in [3.05, 3.63) is 48.0 Å². The maximum atomic E-state index is 14.3. The van der Waals surface area contributed by atoms with Gasteiger partial charge in [-0.25, -0.2) is 17.2 Å². The number of halogens is 2. The van der Waals surface area contributed by atoms with Crippen LogP contribution in [0.5, 0.6) is 0 Å². The summed E-state index contributed by atoms with van der Waals surface area (Å²) >= 11 is 0. The Morgan fingerprint density at radius 3 is 2.11 bits per heavy atom. The van der Waals surface area contributed by atoms with Gasteiger partial charge in [-0.3, -0.25) is 4.72 Å². The Kier molecular flexibility index (Phi) is 5.06. The Morgan fingerprint density at radius 1 is 0.964 bits per heavy atom. The standard InChI is InChI=1S/C19H22BF2NO4S/c1-18(2)19(3,4)27-20(26-18)13-8-12(9-15(10-13)23-28(5,24)25)16-7-6-14(21)11-17(16)22/h6-11,23H,1-5H3. The number of sulfonamides is 1. The summed E-state index contributed by atoms with van der Waals surface area (Å²) in [4.78, 5) is 0. The van der Waals surface area contributed by atoms with Crippen molar-refractivity contribution in [2.45, 2.75) is 38.9 Å². The van der Waals surface area contributed by atoms with Gasteiger partial charge in [-0.15, -0.1) is 0 Å². The molecule has 0 saturated carbocycles. The number of hydrogen-bond donors (Lipinski definition) is 1. The summed E-state index contributed by atoms with van der Waals surface area (Å²) in [7, 11) is -4.33. The summed E-state index contributed by atoms with van der Waals surface area (Å²) in [5.74, 6) is -1.45. The van der Waals surface area contributed by atoms with Crippen LogP contribution in [0, 0.1) is 11.6 Å². The van der Waals surface area contributed by atoms with Crippen molar-refractivity contribution in [3.63, 3.8) is 0 Å². The van der Waals surface area contributed by atoms with Gasteiger partial charge in [0.05, 0.1) is 17.5 Å². The van der Waals surface area contributed by atoms with E-state index < -0.39 is 40.0 Å². The minimum Gasteiger partial charge on any atom is -0.399 e. The quantitative estimate of drug-likeness (QED) is 0.788. The zero-order valence-corrected chi connectivity index (χ0v) is 17.2. The minimum atomic E-state index is -3.56. The van der Waals surface area contributed by atoms with Crippen molar-refractivity contribution in [3.8, 4) is 11.1 Å². The fourth-order valence-electron chi connectivity index (χ4n) is 2.92. The predicted molar refractivity (Wildman–Crippen MR) is 106 cm³/mol. The molecule has 0 unspecified atom stereocenters. The SMILES string of the molecule is CC1(C)OB(c2cc(NS(C)(=O)=O)cc(-c3ccc(F)cc3F)c2)OC1(C)C. The molecule has 2 aromatic rings. The Hall–Kier alpha value is -1.97. The first-order valence-electron chi connectivity index (χ1n) is 8.71. The van der Waals surface area contributed by atoms with Crippen LogP contribution in [0.15, 0.2) is 36.4 Å². The van der Waals surface area contributed by atoms with E-state index >= 15 is 0 Å². The molecule has 0 aromatic heterocycles. The summed E-state index contributed by atoms with van der Waals surface area (Å²) in [5, 5.41) is 0. The molecule has 1 fully saturated rings. The number of benzene rings is 2. The molecule has 1 heterocycles. The van der Waals surface area contributed by atoms with E-state index in [1.807, 2.05) is 27.7 Å². The van der Waals surface area contributed by atoms with Crippen LogP contribution in [0.25, 0.3) is 11.1 Å². The molecule has 0 radical (unpaired) electrons. The Morgan fingerprint density at radius 2 is 1.57 bits per heavy atom. The van der Waals surface area contributed by atoms with Gasteiger partial charge in [0.1, 0.15) is 11.6 Å². The largest absolute Gasteiger partial charge is 0.494 e. The molecule has 3 rings (SSSR count). The summed E-state index contributed by atoms with van der Waals surface area (Å²) in [5.41, 5.74) is 0.0602. The fraction of sp³-hybridized carbons (Fsp3) is 0.368. The number of anilines is 1. The number of hydrogen-bond acceptors (Lipinski definition) is 4. The molecule has 1 saturated heterocycles. The number of nitrogens with one attached hydrogen (secondary N) is 1. The van der Waals surface area contributed by atoms with Crippen LogP contribution >= 0.6 is 0 Å². The van der Waals surface area contributed by atoms with E-state index in [4.69, 9.17) is 9.31 Å². The van der Waals surface area contributed by atoms with Crippen LogP contribution in [0.1, 0.15) is 27.7 Å². The van der Waals surface area contributed by atoms with Crippen molar-refractivity contribution in [2.24, 2.45) is 0 Å². The average molecular weight is 409 g/mol. The van der Waals surface area contributed by atoms with Crippen LogP contribution in [-0.4, -0.2) is 33.0 Å². The van der Waals surface area contributed by atoms with Crippen LogP contribution in [-0.2, 0) is 19.3 Å². The predicted octanol–water partition coefficient (Wildman–Crippen LogP) is 3.30. The van der Waals surface area contributed by atoms with Crippen LogP contribution < -0.4 is 10.2 Å². The Bertz CT molecular complexity index is 1010. The molecule has 28 heavy (non-hydrogen) atoms. The first kappa shape index (κ1) is 20.8. The Labute approximate surface area is 164 Å². The van der Waals surface area contributed by atoms with Gasteiger partial charge in [0.2, 0.25) is 10.0 Å². The zero-order valence-electron chi connectivity index (χ0n) is 16.3. The maximum absolute atomic E-state index is 14.3. The molecule has 0 spiro atoms. The molecule has 0 aliphatic carbocycles. The lowest BCUT2D eigenvalue weighted by molar-refractivity contribution is 0.00578. The highest BCUT2D eigenvalue weighted by atomic mass is 32.2. The van der Waals surface area contributed by atoms with Crippen molar-refractivity contribution < 1.29 is 26.5 Å². The third kappa shape index (κ3) is 4.21. The molecule has 1 aliphatic heterocycles. The van der Waals surface area contributed by atoms with Gasteiger partial charge >= 0.3 is 7.12 Å². The van der Waals surface area contributed by atoms with E-state index in [2.05, 4.69) is 4.72 Å². The molecule has 0 amide bonds. The smallest absolute Gasteiger partial charge is 0.399 e.